The fourth-order valence-electron chi connectivity index (χ4n) is 3.99. The average molecular weight is 405 g/mol. The highest BCUT2D eigenvalue weighted by Gasteiger charge is 2.24. The second-order valence-corrected chi connectivity index (χ2v) is 8.05. The van der Waals surface area contributed by atoms with Crippen LogP contribution in [0, 0.1) is 13.8 Å². The number of nitrogens with zero attached hydrogens (tertiary/aromatic N) is 3. The van der Waals surface area contributed by atoms with Crippen molar-refractivity contribution in [2.45, 2.75) is 52.6 Å². The van der Waals surface area contributed by atoms with Gasteiger partial charge in [0.15, 0.2) is 0 Å². The van der Waals surface area contributed by atoms with Crippen molar-refractivity contribution in [2.24, 2.45) is 0 Å². The van der Waals surface area contributed by atoms with Crippen LogP contribution < -0.4 is 5.32 Å². The Balaban J connectivity index is 1.42. The molecular formula is C24H28N4O2. The number of nitrogens with one attached hydrogen (secondary N) is 1. The number of aromatic nitrogens is 2. The van der Waals surface area contributed by atoms with Gasteiger partial charge in [0.25, 0.3) is 5.91 Å². The molecule has 1 aromatic heterocycles. The fraction of sp³-hybridized carbons (Fsp3) is 0.375. The van der Waals surface area contributed by atoms with Crippen molar-refractivity contribution in [1.82, 2.24) is 15.0 Å². The first-order valence-corrected chi connectivity index (χ1v) is 10.6. The van der Waals surface area contributed by atoms with Crippen LogP contribution in [0.25, 0.3) is 11.4 Å². The summed E-state index contributed by atoms with van der Waals surface area (Å²) >= 11 is 0. The maximum absolute atomic E-state index is 12.9. The van der Waals surface area contributed by atoms with Crippen LogP contribution in [0.4, 0.5) is 5.69 Å². The molecular weight excluding hydrogens is 376 g/mol. The minimum atomic E-state index is 0.122. The highest BCUT2D eigenvalue weighted by atomic mass is 16.5. The molecule has 1 atom stereocenters. The number of hydrogen-bond acceptors (Lipinski definition) is 5. The van der Waals surface area contributed by atoms with Gasteiger partial charge in [-0.15, -0.1) is 0 Å². The number of amides is 1. The van der Waals surface area contributed by atoms with Crippen LogP contribution in [0.15, 0.2) is 47.0 Å². The third-order valence-electron chi connectivity index (χ3n) is 5.82. The third-order valence-corrected chi connectivity index (χ3v) is 5.82. The van der Waals surface area contributed by atoms with Crippen molar-refractivity contribution in [3.63, 3.8) is 0 Å². The van der Waals surface area contributed by atoms with Gasteiger partial charge in [-0.05, 0) is 69.4 Å². The van der Waals surface area contributed by atoms with E-state index < -0.39 is 0 Å². The van der Waals surface area contributed by atoms with Crippen molar-refractivity contribution in [1.29, 1.82) is 0 Å². The monoisotopic (exact) mass is 404 g/mol. The van der Waals surface area contributed by atoms with E-state index >= 15 is 0 Å². The van der Waals surface area contributed by atoms with Crippen molar-refractivity contribution < 1.29 is 9.32 Å². The molecule has 0 aliphatic carbocycles. The Hall–Kier alpha value is -3.15. The van der Waals surface area contributed by atoms with Gasteiger partial charge in [0.1, 0.15) is 0 Å². The van der Waals surface area contributed by atoms with Gasteiger partial charge in [0.2, 0.25) is 11.7 Å². The molecule has 1 aliphatic rings. The third kappa shape index (κ3) is 4.22. The van der Waals surface area contributed by atoms with E-state index in [1.165, 1.54) is 6.42 Å². The van der Waals surface area contributed by atoms with Gasteiger partial charge in [0, 0.05) is 29.4 Å². The van der Waals surface area contributed by atoms with E-state index in [4.69, 9.17) is 4.52 Å². The molecule has 2 aromatic carbocycles. The summed E-state index contributed by atoms with van der Waals surface area (Å²) in [4.78, 5) is 19.4. The molecule has 156 valence electrons. The molecule has 1 saturated heterocycles. The average Bonchev–Trinajstić information content (AvgIpc) is 3.22. The van der Waals surface area contributed by atoms with E-state index in [1.807, 2.05) is 61.2 Å². The summed E-state index contributed by atoms with van der Waals surface area (Å²) in [7, 11) is 0. The standard InChI is InChI=1S/C24H28N4O2/c1-16-8-4-5-10-20(16)23-26-22(30-27-23)15-25-21-12-11-19(14-17(21)2)24(29)28-13-7-6-9-18(28)3/h4-5,8,10-12,14,18,25H,6-7,9,13,15H2,1-3H3/t18-/m0/s1. The van der Waals surface area contributed by atoms with Crippen molar-refractivity contribution >= 4 is 11.6 Å². The van der Waals surface area contributed by atoms with E-state index in [0.717, 1.165) is 47.3 Å². The van der Waals surface area contributed by atoms with Crippen LogP contribution >= 0.6 is 0 Å². The van der Waals surface area contributed by atoms with Gasteiger partial charge < -0.3 is 14.7 Å². The van der Waals surface area contributed by atoms with E-state index in [1.54, 1.807) is 0 Å². The first-order chi connectivity index (χ1) is 14.5. The Morgan fingerprint density at radius 3 is 2.77 bits per heavy atom. The molecule has 6 heteroatoms. The predicted octanol–water partition coefficient (Wildman–Crippen LogP) is 4.98. The van der Waals surface area contributed by atoms with Gasteiger partial charge in [-0.25, -0.2) is 0 Å². The number of anilines is 1. The fourth-order valence-corrected chi connectivity index (χ4v) is 3.99. The highest BCUT2D eigenvalue weighted by Crippen LogP contribution is 2.23. The Labute approximate surface area is 177 Å². The smallest absolute Gasteiger partial charge is 0.254 e. The second-order valence-electron chi connectivity index (χ2n) is 8.05. The van der Waals surface area contributed by atoms with Gasteiger partial charge in [0.05, 0.1) is 6.54 Å². The predicted molar refractivity (Wildman–Crippen MR) is 117 cm³/mol. The lowest BCUT2D eigenvalue weighted by Gasteiger charge is -2.33. The number of aryl methyl sites for hydroxylation is 2. The van der Waals surface area contributed by atoms with Gasteiger partial charge in [-0.3, -0.25) is 4.79 Å². The quantitative estimate of drug-likeness (QED) is 0.649. The molecule has 1 N–H and O–H groups in total. The van der Waals surface area contributed by atoms with Crippen molar-refractivity contribution in [2.75, 3.05) is 11.9 Å². The SMILES string of the molecule is Cc1cc(C(=O)N2CCCC[C@@H]2C)ccc1NCc1nc(-c2ccccc2C)no1. The Kier molecular flexibility index (Phi) is 5.84. The lowest BCUT2D eigenvalue weighted by atomic mass is 10.0. The number of likely N-dealkylation sites (tertiary alicyclic amines) is 1. The minimum Gasteiger partial charge on any atom is -0.376 e. The number of rotatable bonds is 5. The Morgan fingerprint density at radius 1 is 1.17 bits per heavy atom. The Morgan fingerprint density at radius 2 is 2.00 bits per heavy atom. The minimum absolute atomic E-state index is 0.122. The van der Waals surface area contributed by atoms with Crippen LogP contribution in [0.1, 0.15) is 53.6 Å². The Bertz CT molecular complexity index is 1040. The number of carbonyl (C=O) groups is 1. The van der Waals surface area contributed by atoms with Gasteiger partial charge in [-0.2, -0.15) is 4.98 Å². The first kappa shape index (κ1) is 20.1. The molecule has 1 amide bonds. The number of piperidine rings is 1. The molecule has 0 radical (unpaired) electrons. The molecule has 3 aromatic rings. The number of hydrogen-bond donors (Lipinski definition) is 1. The summed E-state index contributed by atoms with van der Waals surface area (Å²) in [6.45, 7) is 7.44. The van der Waals surface area contributed by atoms with E-state index in [9.17, 15) is 4.79 Å². The zero-order chi connectivity index (χ0) is 21.1. The first-order valence-electron chi connectivity index (χ1n) is 10.6. The van der Waals surface area contributed by atoms with Crippen LogP contribution in [0.5, 0.6) is 0 Å². The maximum atomic E-state index is 12.9. The van der Waals surface area contributed by atoms with Crippen molar-refractivity contribution in [3.8, 4) is 11.4 Å². The summed E-state index contributed by atoms with van der Waals surface area (Å²) in [5.41, 5.74) is 4.79. The summed E-state index contributed by atoms with van der Waals surface area (Å²) in [5, 5.41) is 7.44. The summed E-state index contributed by atoms with van der Waals surface area (Å²) in [6, 6.07) is 14.1. The molecule has 0 bridgehead atoms. The summed E-state index contributed by atoms with van der Waals surface area (Å²) in [6.07, 6.45) is 3.37. The molecule has 6 nitrogen and oxygen atoms in total. The summed E-state index contributed by atoms with van der Waals surface area (Å²) in [5.74, 6) is 1.24. The van der Waals surface area contributed by atoms with E-state index in [2.05, 4.69) is 22.4 Å². The molecule has 1 fully saturated rings. The molecule has 0 saturated carbocycles. The lowest BCUT2D eigenvalue weighted by Crippen LogP contribution is -2.42. The zero-order valence-corrected chi connectivity index (χ0v) is 17.8. The van der Waals surface area contributed by atoms with Crippen LogP contribution in [0.3, 0.4) is 0 Å². The van der Waals surface area contributed by atoms with Crippen molar-refractivity contribution in [3.05, 3.63) is 65.0 Å². The molecule has 30 heavy (non-hydrogen) atoms. The topological polar surface area (TPSA) is 71.3 Å². The van der Waals surface area contributed by atoms with E-state index in [0.29, 0.717) is 24.3 Å². The zero-order valence-electron chi connectivity index (χ0n) is 17.8. The summed E-state index contributed by atoms with van der Waals surface area (Å²) < 4.78 is 5.40. The second kappa shape index (κ2) is 8.69. The molecule has 1 aliphatic heterocycles. The normalized spacial score (nSPS) is 16.5. The molecule has 4 rings (SSSR count). The van der Waals surface area contributed by atoms with Gasteiger partial charge in [-0.1, -0.05) is 29.4 Å². The van der Waals surface area contributed by atoms with E-state index in [-0.39, 0.29) is 5.91 Å². The number of carbonyl (C=O) groups excluding carboxylic acids is 1. The van der Waals surface area contributed by atoms with Gasteiger partial charge >= 0.3 is 0 Å². The number of benzene rings is 2. The molecule has 0 spiro atoms. The van der Waals surface area contributed by atoms with Crippen LogP contribution in [-0.2, 0) is 6.54 Å². The lowest BCUT2D eigenvalue weighted by molar-refractivity contribution is 0.0635. The maximum Gasteiger partial charge on any atom is 0.254 e. The molecule has 0 unspecified atom stereocenters. The highest BCUT2D eigenvalue weighted by molar-refractivity contribution is 5.95. The molecule has 2 heterocycles. The van der Waals surface area contributed by atoms with Crippen LogP contribution in [-0.4, -0.2) is 33.5 Å². The largest absolute Gasteiger partial charge is 0.376 e. The van der Waals surface area contributed by atoms with Crippen LogP contribution in [0.2, 0.25) is 0 Å².